The number of anilines is 1. The predicted octanol–water partition coefficient (Wildman–Crippen LogP) is -2.23. The molecule has 7 heteroatoms. The zero-order chi connectivity index (χ0) is 12.0. The summed E-state index contributed by atoms with van der Waals surface area (Å²) in [6, 6.07) is 6.83. The van der Waals surface area contributed by atoms with Crippen LogP contribution in [0, 0.1) is 0 Å². The van der Waals surface area contributed by atoms with Gasteiger partial charge in [-0.2, -0.15) is 0 Å². The predicted molar refractivity (Wildman–Crippen MR) is 62.4 cm³/mol. The number of halogens is 1. The molecule has 0 bridgehead atoms. The fourth-order valence-electron chi connectivity index (χ4n) is 0.976. The minimum Gasteiger partial charge on any atom is -0.549 e. The molecule has 0 heterocycles. The van der Waals surface area contributed by atoms with Gasteiger partial charge in [0.2, 0.25) is 5.91 Å². The minimum absolute atomic E-state index is 0. The van der Waals surface area contributed by atoms with Gasteiger partial charge in [-0.1, -0.05) is 23.7 Å². The summed E-state index contributed by atoms with van der Waals surface area (Å²) in [6.07, 6.45) is 0. The van der Waals surface area contributed by atoms with Crippen LogP contribution in [0.1, 0.15) is 0 Å². The first kappa shape index (κ1) is 17.4. The Labute approximate surface area is 151 Å². The molecule has 0 aliphatic rings. The van der Waals surface area contributed by atoms with Gasteiger partial charge in [0.1, 0.15) is 0 Å². The Morgan fingerprint density at radius 3 is 2.53 bits per heavy atom. The molecule has 1 amide bonds. The minimum atomic E-state index is -1.18. The summed E-state index contributed by atoms with van der Waals surface area (Å²) >= 11 is 6.80. The SMILES string of the molecule is O=C([O-])CSCC(=O)Nc1ccccc1Cl.[K+]. The van der Waals surface area contributed by atoms with Crippen molar-refractivity contribution >= 4 is 40.9 Å². The van der Waals surface area contributed by atoms with E-state index < -0.39 is 5.97 Å². The molecule has 86 valence electrons. The molecular formula is C10H9ClKNO3S. The third kappa shape index (κ3) is 7.45. The van der Waals surface area contributed by atoms with Crippen LogP contribution in [-0.4, -0.2) is 23.4 Å². The van der Waals surface area contributed by atoms with Gasteiger partial charge in [-0.3, -0.25) is 4.79 Å². The number of carboxylic acids is 1. The number of hydrogen-bond acceptors (Lipinski definition) is 4. The number of aliphatic carboxylic acids is 1. The van der Waals surface area contributed by atoms with E-state index in [4.69, 9.17) is 11.6 Å². The van der Waals surface area contributed by atoms with E-state index >= 15 is 0 Å². The molecule has 0 aliphatic heterocycles. The van der Waals surface area contributed by atoms with Crippen molar-refractivity contribution in [3.05, 3.63) is 29.3 Å². The van der Waals surface area contributed by atoms with E-state index in [9.17, 15) is 14.7 Å². The summed E-state index contributed by atoms with van der Waals surface area (Å²) in [4.78, 5) is 21.5. The second kappa shape index (κ2) is 9.38. The zero-order valence-electron chi connectivity index (χ0n) is 9.23. The first-order valence-corrected chi connectivity index (χ1v) is 5.95. The van der Waals surface area contributed by atoms with Crippen molar-refractivity contribution in [2.45, 2.75) is 0 Å². The first-order chi connectivity index (χ1) is 7.59. The van der Waals surface area contributed by atoms with Gasteiger partial charge in [0.15, 0.2) is 0 Å². The standard InChI is InChI=1S/C10H10ClNO3S.K/c11-7-3-1-2-4-8(7)12-9(13)5-16-6-10(14)15;/h1-4H,5-6H2,(H,12,13)(H,14,15);/q;+1/p-1. The Balaban J connectivity index is 0.00000256. The number of amides is 1. The molecule has 1 aromatic rings. The largest absolute Gasteiger partial charge is 1.00 e. The molecule has 0 saturated carbocycles. The number of nitrogens with one attached hydrogen (secondary N) is 1. The van der Waals surface area contributed by atoms with Crippen LogP contribution >= 0.6 is 23.4 Å². The third-order valence-corrected chi connectivity index (χ3v) is 2.84. The molecule has 0 radical (unpaired) electrons. The van der Waals surface area contributed by atoms with Crippen molar-refractivity contribution in [2.24, 2.45) is 0 Å². The van der Waals surface area contributed by atoms with Crippen molar-refractivity contribution in [1.82, 2.24) is 0 Å². The van der Waals surface area contributed by atoms with Gasteiger partial charge >= 0.3 is 51.4 Å². The maximum absolute atomic E-state index is 11.3. The number of thioether (sulfide) groups is 1. The van der Waals surface area contributed by atoms with Crippen LogP contribution < -0.4 is 61.8 Å². The molecule has 0 atom stereocenters. The van der Waals surface area contributed by atoms with Gasteiger partial charge in [-0.25, -0.2) is 0 Å². The Kier molecular flexibility index (Phi) is 9.62. The average Bonchev–Trinajstić information content (AvgIpc) is 2.21. The molecule has 4 nitrogen and oxygen atoms in total. The van der Waals surface area contributed by atoms with Gasteiger partial charge in [-0.15, -0.1) is 11.8 Å². The van der Waals surface area contributed by atoms with E-state index in [1.807, 2.05) is 0 Å². The van der Waals surface area contributed by atoms with E-state index in [-0.39, 0.29) is 68.8 Å². The van der Waals surface area contributed by atoms with Crippen LogP contribution in [0.4, 0.5) is 5.69 Å². The van der Waals surface area contributed by atoms with Crippen molar-refractivity contribution in [3.63, 3.8) is 0 Å². The fraction of sp³-hybridized carbons (Fsp3) is 0.200. The molecule has 17 heavy (non-hydrogen) atoms. The number of carbonyl (C=O) groups excluding carboxylic acids is 2. The Morgan fingerprint density at radius 2 is 1.94 bits per heavy atom. The monoisotopic (exact) mass is 297 g/mol. The average molecular weight is 298 g/mol. The third-order valence-electron chi connectivity index (χ3n) is 1.60. The molecule has 0 saturated heterocycles. The van der Waals surface area contributed by atoms with Crippen molar-refractivity contribution in [2.75, 3.05) is 16.8 Å². The van der Waals surface area contributed by atoms with Gasteiger partial charge in [0.25, 0.3) is 0 Å². The zero-order valence-corrected chi connectivity index (χ0v) is 13.9. The van der Waals surface area contributed by atoms with Crippen LogP contribution in [0.5, 0.6) is 0 Å². The van der Waals surface area contributed by atoms with Crippen LogP contribution in [0.2, 0.25) is 5.02 Å². The summed E-state index contributed by atoms with van der Waals surface area (Å²) in [5.41, 5.74) is 0.517. The smallest absolute Gasteiger partial charge is 0.549 e. The first-order valence-electron chi connectivity index (χ1n) is 4.41. The molecule has 0 unspecified atom stereocenters. The van der Waals surface area contributed by atoms with E-state index in [0.29, 0.717) is 10.7 Å². The Bertz CT molecular complexity index is 403. The van der Waals surface area contributed by atoms with E-state index in [2.05, 4.69) is 5.32 Å². The maximum Gasteiger partial charge on any atom is 1.00 e. The Morgan fingerprint density at radius 1 is 1.29 bits per heavy atom. The number of benzene rings is 1. The molecule has 0 aromatic heterocycles. The molecule has 0 spiro atoms. The summed E-state index contributed by atoms with van der Waals surface area (Å²) in [5.74, 6) is -1.62. The number of hydrogen-bond donors (Lipinski definition) is 1. The number of carboxylic acid groups (broad SMARTS) is 1. The molecule has 1 aromatic carbocycles. The fourth-order valence-corrected chi connectivity index (χ4v) is 1.69. The van der Waals surface area contributed by atoms with E-state index in [0.717, 1.165) is 11.8 Å². The maximum atomic E-state index is 11.3. The van der Waals surface area contributed by atoms with Gasteiger partial charge < -0.3 is 15.2 Å². The molecule has 1 rings (SSSR count). The van der Waals surface area contributed by atoms with Crippen LogP contribution in [0.25, 0.3) is 0 Å². The van der Waals surface area contributed by atoms with Crippen LogP contribution in [-0.2, 0) is 9.59 Å². The van der Waals surface area contributed by atoms with Crippen LogP contribution in [0.15, 0.2) is 24.3 Å². The Hall–Kier alpha value is 0.436. The second-order valence-corrected chi connectivity index (χ2v) is 4.29. The van der Waals surface area contributed by atoms with Gasteiger partial charge in [0.05, 0.1) is 22.4 Å². The molecule has 0 aliphatic carbocycles. The van der Waals surface area contributed by atoms with E-state index in [1.54, 1.807) is 24.3 Å². The molecule has 1 N–H and O–H groups in total. The molecular weight excluding hydrogens is 289 g/mol. The topological polar surface area (TPSA) is 69.2 Å². The number of carbonyl (C=O) groups is 2. The van der Waals surface area contributed by atoms with E-state index in [1.165, 1.54) is 0 Å². The molecule has 0 fully saturated rings. The van der Waals surface area contributed by atoms with Gasteiger partial charge in [0, 0.05) is 5.75 Å². The van der Waals surface area contributed by atoms with Crippen LogP contribution in [0.3, 0.4) is 0 Å². The summed E-state index contributed by atoms with van der Waals surface area (Å²) < 4.78 is 0. The quantitative estimate of drug-likeness (QED) is 0.625. The van der Waals surface area contributed by atoms with Crippen molar-refractivity contribution in [3.8, 4) is 0 Å². The van der Waals surface area contributed by atoms with Gasteiger partial charge in [-0.05, 0) is 12.1 Å². The normalized spacial score (nSPS) is 9.24. The second-order valence-electron chi connectivity index (χ2n) is 2.89. The summed E-state index contributed by atoms with van der Waals surface area (Å²) in [7, 11) is 0. The number of rotatable bonds is 5. The number of para-hydroxylation sites is 1. The summed E-state index contributed by atoms with van der Waals surface area (Å²) in [6.45, 7) is 0. The van der Waals surface area contributed by atoms with Crippen molar-refractivity contribution < 1.29 is 66.1 Å². The summed E-state index contributed by atoms with van der Waals surface area (Å²) in [5, 5.41) is 13.1. The van der Waals surface area contributed by atoms with Crippen molar-refractivity contribution in [1.29, 1.82) is 0 Å².